The van der Waals surface area contributed by atoms with E-state index >= 15 is 0 Å². The van der Waals surface area contributed by atoms with Gasteiger partial charge < -0.3 is 0 Å². The molecular formula is C28H45NO. The van der Waals surface area contributed by atoms with E-state index < -0.39 is 0 Å². The fourth-order valence-corrected chi connectivity index (χ4v) is 3.01. The zero-order chi connectivity index (χ0) is 23.3. The molecule has 0 aliphatic heterocycles. The summed E-state index contributed by atoms with van der Waals surface area (Å²) >= 11 is 0. The highest BCUT2D eigenvalue weighted by Gasteiger charge is 2.25. The first-order chi connectivity index (χ1) is 14.1. The molecule has 2 heteroatoms. The van der Waals surface area contributed by atoms with Crippen molar-refractivity contribution in [3.05, 3.63) is 58.8 Å². The summed E-state index contributed by atoms with van der Waals surface area (Å²) in [7, 11) is 0. The first kappa shape index (κ1) is 28.0. The molecule has 2 aliphatic carbocycles. The number of benzene rings is 1. The molecule has 0 spiro atoms. The predicted molar refractivity (Wildman–Crippen MR) is 134 cm³/mol. The van der Waals surface area contributed by atoms with Crippen LogP contribution in [-0.2, 0) is 11.2 Å². The molecule has 0 bridgehead atoms. The van der Waals surface area contributed by atoms with Gasteiger partial charge in [-0.15, -0.1) is 0 Å². The second kappa shape index (κ2) is 14.9. The summed E-state index contributed by atoms with van der Waals surface area (Å²) in [5.74, 6) is 1.44. The number of ketones is 1. The molecule has 168 valence electrons. The zero-order valence-electron chi connectivity index (χ0n) is 21.1. The van der Waals surface area contributed by atoms with Crippen LogP contribution < -0.4 is 0 Å². The molecule has 1 aromatic rings. The number of carbonyl (C=O) groups excluding carboxylic acids is 1. The minimum Gasteiger partial charge on any atom is -0.294 e. The molecule has 0 saturated heterocycles. The molecule has 1 fully saturated rings. The van der Waals surface area contributed by atoms with Gasteiger partial charge in [0.1, 0.15) is 0 Å². The van der Waals surface area contributed by atoms with Crippen LogP contribution in [0.15, 0.2) is 52.7 Å². The lowest BCUT2D eigenvalue weighted by Crippen LogP contribution is -2.18. The van der Waals surface area contributed by atoms with E-state index in [9.17, 15) is 4.79 Å². The molecule has 2 nitrogen and oxygen atoms in total. The Balaban J connectivity index is 0.000000446. The Bertz CT molecular complexity index is 714. The lowest BCUT2D eigenvalue weighted by atomic mass is 9.84. The smallest absolute Gasteiger partial charge is 0.164 e. The fraction of sp³-hybridized carbons (Fsp3) is 0.571. The van der Waals surface area contributed by atoms with Crippen LogP contribution in [-0.4, -0.2) is 11.5 Å². The van der Waals surface area contributed by atoms with Crippen LogP contribution in [0.3, 0.4) is 0 Å². The van der Waals surface area contributed by atoms with E-state index in [2.05, 4.69) is 63.5 Å². The average Bonchev–Trinajstić information content (AvgIpc) is 2.71. The van der Waals surface area contributed by atoms with Crippen LogP contribution in [0.1, 0.15) is 92.2 Å². The summed E-state index contributed by atoms with van der Waals surface area (Å²) < 4.78 is 0. The zero-order valence-corrected chi connectivity index (χ0v) is 21.1. The van der Waals surface area contributed by atoms with Gasteiger partial charge in [-0.25, -0.2) is 0 Å². The molecule has 0 amide bonds. The molecule has 2 aliphatic rings. The van der Waals surface area contributed by atoms with E-state index in [0.29, 0.717) is 6.42 Å². The monoisotopic (exact) mass is 411 g/mol. The molecule has 1 aromatic carbocycles. The Morgan fingerprint density at radius 1 is 1.07 bits per heavy atom. The largest absolute Gasteiger partial charge is 0.294 e. The maximum absolute atomic E-state index is 11.6. The van der Waals surface area contributed by atoms with Crippen LogP contribution in [0.25, 0.3) is 0 Å². The topological polar surface area (TPSA) is 29.4 Å². The number of allylic oxidation sites excluding steroid dienone is 2. The standard InChI is InChI=1S/C12H17NO.C9H12.C5H10.C2H6/c1-7(2)13-12-9(4)8(3)6-11(14)10(12)5;1-3-9-6-4-8(2)5-7-9;1-5-3-2-4-5;1-2/h9H,3,6H2,1-2,4-5H3;4-7H,3H2,1-2H3;5H,2-4H2,1H3;1-2H3. The first-order valence-electron chi connectivity index (χ1n) is 11.6. The number of hydrogen-bond donors (Lipinski definition) is 0. The third-order valence-electron chi connectivity index (χ3n) is 5.48. The summed E-state index contributed by atoms with van der Waals surface area (Å²) in [6, 6.07) is 8.66. The Morgan fingerprint density at radius 2 is 1.57 bits per heavy atom. The van der Waals surface area contributed by atoms with E-state index in [1.54, 1.807) is 0 Å². The van der Waals surface area contributed by atoms with Gasteiger partial charge in [-0.1, -0.05) is 95.9 Å². The number of rotatable bonds is 2. The molecular weight excluding hydrogens is 366 g/mol. The van der Waals surface area contributed by atoms with Gasteiger partial charge in [-0.2, -0.15) is 0 Å². The maximum atomic E-state index is 11.6. The second-order valence-corrected chi connectivity index (χ2v) is 8.42. The van der Waals surface area contributed by atoms with Crippen molar-refractivity contribution < 1.29 is 4.79 Å². The molecule has 0 radical (unpaired) electrons. The van der Waals surface area contributed by atoms with E-state index in [0.717, 1.165) is 34.9 Å². The van der Waals surface area contributed by atoms with Gasteiger partial charge in [0.15, 0.2) is 5.78 Å². The lowest BCUT2D eigenvalue weighted by Gasteiger charge is -2.23. The van der Waals surface area contributed by atoms with Crippen LogP contribution in [0, 0.1) is 18.8 Å². The van der Waals surface area contributed by atoms with Crippen LogP contribution in [0.2, 0.25) is 0 Å². The number of Topliss-reactive ketones (excluding diaryl/α,β-unsaturated/α-hetero) is 1. The second-order valence-electron chi connectivity index (χ2n) is 8.42. The predicted octanol–water partition coefficient (Wildman–Crippen LogP) is 8.30. The van der Waals surface area contributed by atoms with Crippen molar-refractivity contribution in [3.63, 3.8) is 0 Å². The molecule has 0 aromatic heterocycles. The maximum Gasteiger partial charge on any atom is 0.164 e. The quantitative estimate of drug-likeness (QED) is 0.355. The average molecular weight is 412 g/mol. The van der Waals surface area contributed by atoms with E-state index in [1.165, 1.54) is 30.4 Å². The minimum atomic E-state index is 0.160. The SMILES string of the molecule is C=C1CC(=O)C(C)=C(N=C(C)C)C1C.CC.CC1CCC1.CCc1ccc(C)cc1. The van der Waals surface area contributed by atoms with Gasteiger partial charge in [0.25, 0.3) is 0 Å². The highest BCUT2D eigenvalue weighted by atomic mass is 16.1. The number of aliphatic imine (C=N–C) groups is 1. The third-order valence-corrected chi connectivity index (χ3v) is 5.48. The van der Waals surface area contributed by atoms with Gasteiger partial charge in [0.2, 0.25) is 0 Å². The number of carbonyl (C=O) groups is 1. The summed E-state index contributed by atoms with van der Waals surface area (Å²) in [6.45, 7) is 22.3. The van der Waals surface area contributed by atoms with Crippen LogP contribution >= 0.6 is 0 Å². The van der Waals surface area contributed by atoms with Crippen molar-refractivity contribution in [2.24, 2.45) is 16.8 Å². The number of aryl methyl sites for hydroxylation is 2. The number of hydrogen-bond acceptors (Lipinski definition) is 2. The lowest BCUT2D eigenvalue weighted by molar-refractivity contribution is -0.115. The molecule has 30 heavy (non-hydrogen) atoms. The molecule has 0 heterocycles. The van der Waals surface area contributed by atoms with Crippen molar-refractivity contribution in [2.45, 2.75) is 94.4 Å². The van der Waals surface area contributed by atoms with Gasteiger partial charge in [0.05, 0.1) is 5.70 Å². The first-order valence-corrected chi connectivity index (χ1v) is 11.6. The van der Waals surface area contributed by atoms with E-state index in [-0.39, 0.29) is 11.7 Å². The van der Waals surface area contributed by atoms with E-state index in [4.69, 9.17) is 0 Å². The van der Waals surface area contributed by atoms with Crippen molar-refractivity contribution in [2.75, 3.05) is 0 Å². The summed E-state index contributed by atoms with van der Waals surface area (Å²) in [6.07, 6.45) is 6.08. The van der Waals surface area contributed by atoms with Crippen molar-refractivity contribution >= 4 is 11.5 Å². The molecule has 0 N–H and O–H groups in total. The van der Waals surface area contributed by atoms with Gasteiger partial charge >= 0.3 is 0 Å². The summed E-state index contributed by atoms with van der Waals surface area (Å²) in [4.78, 5) is 16.0. The van der Waals surface area contributed by atoms with Crippen LogP contribution in [0.5, 0.6) is 0 Å². The highest BCUT2D eigenvalue weighted by Crippen LogP contribution is 2.31. The summed E-state index contributed by atoms with van der Waals surface area (Å²) in [5, 5.41) is 0. The minimum absolute atomic E-state index is 0.160. The van der Waals surface area contributed by atoms with Crippen molar-refractivity contribution in [1.82, 2.24) is 0 Å². The normalized spacial score (nSPS) is 18.0. The third kappa shape index (κ3) is 10.2. The fourth-order valence-electron chi connectivity index (χ4n) is 3.01. The molecule has 1 saturated carbocycles. The highest BCUT2D eigenvalue weighted by molar-refractivity contribution is 5.99. The summed E-state index contributed by atoms with van der Waals surface area (Å²) in [5.41, 5.74) is 6.40. The van der Waals surface area contributed by atoms with Gasteiger partial charge in [-0.3, -0.25) is 9.79 Å². The Kier molecular flexibility index (Phi) is 14.0. The Hall–Kier alpha value is -1.96. The molecule has 1 atom stereocenters. The van der Waals surface area contributed by atoms with Crippen molar-refractivity contribution in [3.8, 4) is 0 Å². The van der Waals surface area contributed by atoms with Gasteiger partial charge in [0, 0.05) is 23.6 Å². The Morgan fingerprint density at radius 3 is 1.93 bits per heavy atom. The Labute approximate surface area is 186 Å². The van der Waals surface area contributed by atoms with Gasteiger partial charge in [-0.05, 0) is 45.6 Å². The number of nitrogens with zero attached hydrogens (tertiary/aromatic N) is 1. The van der Waals surface area contributed by atoms with Crippen LogP contribution in [0.4, 0.5) is 0 Å². The van der Waals surface area contributed by atoms with E-state index in [1.807, 2.05) is 34.6 Å². The van der Waals surface area contributed by atoms with Crippen molar-refractivity contribution in [1.29, 1.82) is 0 Å². The molecule has 3 rings (SSSR count). The molecule has 1 unspecified atom stereocenters.